The minimum atomic E-state index is -4.93. The maximum absolute atomic E-state index is 12.6. The molecule has 1 saturated heterocycles. The Labute approximate surface area is 171 Å². The number of piperidine rings is 1. The fourth-order valence-electron chi connectivity index (χ4n) is 3.49. The van der Waals surface area contributed by atoms with Crippen LogP contribution in [0, 0.1) is 34.0 Å². The summed E-state index contributed by atoms with van der Waals surface area (Å²) in [5.74, 6) is -1.71. The maximum Gasteiger partial charge on any atom is 0.573 e. The van der Waals surface area contributed by atoms with Gasteiger partial charge in [0.05, 0.1) is 23.6 Å². The van der Waals surface area contributed by atoms with Gasteiger partial charge < -0.3 is 15.0 Å². The van der Waals surface area contributed by atoms with Crippen LogP contribution in [0.2, 0.25) is 0 Å². The number of likely N-dealkylation sites (tertiary alicyclic amines) is 1. The van der Waals surface area contributed by atoms with E-state index in [1.165, 1.54) is 17.0 Å². The Bertz CT molecular complexity index is 929. The third kappa shape index (κ3) is 4.82. The highest BCUT2D eigenvalue weighted by molar-refractivity contribution is 5.89. The van der Waals surface area contributed by atoms with E-state index >= 15 is 0 Å². The molecule has 1 aromatic rings. The molecule has 1 aliphatic carbocycles. The minimum absolute atomic E-state index is 0.00254. The topological polar surface area (TPSA) is 106 Å². The maximum atomic E-state index is 12.6. The Hall–Kier alpha value is -3.27. The van der Waals surface area contributed by atoms with Gasteiger partial charge in [-0.05, 0) is 37.8 Å². The Balaban J connectivity index is 1.63. The van der Waals surface area contributed by atoms with Crippen LogP contribution in [-0.4, -0.2) is 36.2 Å². The second kappa shape index (κ2) is 8.23. The molecule has 3 rings (SSSR count). The second-order valence-corrected chi connectivity index (χ2v) is 7.48. The van der Waals surface area contributed by atoms with Crippen molar-refractivity contribution in [3.8, 4) is 17.9 Å². The van der Waals surface area contributed by atoms with Crippen LogP contribution in [0.5, 0.6) is 5.75 Å². The van der Waals surface area contributed by atoms with Gasteiger partial charge in [-0.2, -0.15) is 10.5 Å². The molecule has 0 bridgehead atoms. The van der Waals surface area contributed by atoms with Gasteiger partial charge in [-0.25, -0.2) is 0 Å². The van der Waals surface area contributed by atoms with Crippen LogP contribution >= 0.6 is 0 Å². The molecular weight excluding hydrogens is 401 g/mol. The third-order valence-electron chi connectivity index (χ3n) is 5.33. The van der Waals surface area contributed by atoms with Crippen molar-refractivity contribution in [1.82, 2.24) is 10.2 Å². The number of ether oxygens (including phenoxy) is 1. The quantitative estimate of drug-likeness (QED) is 0.788. The van der Waals surface area contributed by atoms with Crippen molar-refractivity contribution in [3.63, 3.8) is 0 Å². The molecule has 1 saturated carbocycles. The largest absolute Gasteiger partial charge is 0.573 e. The van der Waals surface area contributed by atoms with E-state index in [4.69, 9.17) is 5.26 Å². The molecule has 2 aliphatic rings. The third-order valence-corrected chi connectivity index (χ3v) is 5.33. The highest BCUT2D eigenvalue weighted by Crippen LogP contribution is 2.47. The summed E-state index contributed by atoms with van der Waals surface area (Å²) < 4.78 is 41.9. The Kier molecular flexibility index (Phi) is 5.88. The zero-order valence-electron chi connectivity index (χ0n) is 16.0. The van der Waals surface area contributed by atoms with Crippen LogP contribution in [0.3, 0.4) is 0 Å². The lowest BCUT2D eigenvalue weighted by atomic mass is 9.95. The lowest BCUT2D eigenvalue weighted by molar-refractivity contribution is -0.274. The van der Waals surface area contributed by atoms with E-state index < -0.39 is 29.4 Å². The Morgan fingerprint density at radius 3 is 2.63 bits per heavy atom. The number of hydrogen-bond acceptors (Lipinski definition) is 5. The van der Waals surface area contributed by atoms with E-state index in [1.54, 1.807) is 6.07 Å². The van der Waals surface area contributed by atoms with Gasteiger partial charge in [0.2, 0.25) is 11.8 Å². The van der Waals surface area contributed by atoms with E-state index in [-0.39, 0.29) is 30.1 Å². The summed E-state index contributed by atoms with van der Waals surface area (Å²) in [7, 11) is 0. The van der Waals surface area contributed by atoms with E-state index in [1.807, 2.05) is 0 Å². The fraction of sp³-hybridized carbons (Fsp3) is 0.500. The molecule has 1 N–H and O–H groups in total. The van der Waals surface area contributed by atoms with Crippen molar-refractivity contribution in [2.75, 3.05) is 13.1 Å². The number of nitriles is 2. The first kappa shape index (κ1) is 21.4. The summed E-state index contributed by atoms with van der Waals surface area (Å²) in [4.78, 5) is 26.6. The number of carbonyl (C=O) groups is 2. The van der Waals surface area contributed by atoms with Crippen molar-refractivity contribution in [1.29, 1.82) is 10.5 Å². The number of nitrogens with zero attached hydrogens (tertiary/aromatic N) is 3. The molecule has 1 heterocycles. The van der Waals surface area contributed by atoms with Crippen LogP contribution in [0.4, 0.5) is 13.2 Å². The molecule has 0 radical (unpaired) electrons. The summed E-state index contributed by atoms with van der Waals surface area (Å²) in [6, 6.07) is 7.39. The van der Waals surface area contributed by atoms with Gasteiger partial charge >= 0.3 is 6.36 Å². The number of hydrogen-bond donors (Lipinski definition) is 1. The van der Waals surface area contributed by atoms with E-state index in [2.05, 4.69) is 16.1 Å². The fourth-order valence-corrected chi connectivity index (χ4v) is 3.49. The number of alkyl halides is 3. The molecule has 2 fully saturated rings. The van der Waals surface area contributed by atoms with Crippen LogP contribution in [0.25, 0.3) is 0 Å². The van der Waals surface area contributed by atoms with Crippen molar-refractivity contribution in [2.24, 2.45) is 11.3 Å². The lowest BCUT2D eigenvalue weighted by Gasteiger charge is -2.33. The molecule has 158 valence electrons. The predicted molar refractivity (Wildman–Crippen MR) is 96.3 cm³/mol. The molecule has 7 nitrogen and oxygen atoms in total. The van der Waals surface area contributed by atoms with Gasteiger partial charge in [-0.3, -0.25) is 9.59 Å². The van der Waals surface area contributed by atoms with Gasteiger partial charge in [-0.15, -0.1) is 13.2 Å². The average Bonchev–Trinajstić information content (AvgIpc) is 3.52. The zero-order valence-corrected chi connectivity index (χ0v) is 16.0. The van der Waals surface area contributed by atoms with Crippen molar-refractivity contribution >= 4 is 11.8 Å². The van der Waals surface area contributed by atoms with Crippen LogP contribution < -0.4 is 10.1 Å². The number of halogens is 3. The van der Waals surface area contributed by atoms with E-state index in [0.29, 0.717) is 32.2 Å². The highest BCUT2D eigenvalue weighted by Gasteiger charge is 2.53. The monoisotopic (exact) mass is 420 g/mol. The van der Waals surface area contributed by atoms with Gasteiger partial charge in [0, 0.05) is 25.2 Å². The summed E-state index contributed by atoms with van der Waals surface area (Å²) >= 11 is 0. The van der Waals surface area contributed by atoms with Gasteiger partial charge in [0.15, 0.2) is 0 Å². The number of amides is 2. The lowest BCUT2D eigenvalue weighted by Crippen LogP contribution is -2.47. The molecular formula is C20H19F3N4O3. The Morgan fingerprint density at radius 2 is 2.03 bits per heavy atom. The first-order valence-electron chi connectivity index (χ1n) is 9.44. The summed E-state index contributed by atoms with van der Waals surface area (Å²) in [5.41, 5.74) is -0.882. The molecule has 2 amide bonds. The smallest absolute Gasteiger partial charge is 0.405 e. The van der Waals surface area contributed by atoms with Crippen molar-refractivity contribution < 1.29 is 27.5 Å². The minimum Gasteiger partial charge on any atom is -0.405 e. The highest BCUT2D eigenvalue weighted by atomic mass is 19.4. The normalized spacial score (nSPS) is 19.9. The molecule has 30 heavy (non-hydrogen) atoms. The molecule has 10 heteroatoms. The standard InChI is InChI=1S/C20H19F3N4O3/c21-20(22,23)30-16-8-13(9-24)3-4-14(16)10-26-17(28)15-2-1-7-27(11-15)18(29)19(12-25)5-6-19/h3-4,8,15H,1-2,5-7,10-11H2,(H,26,28). The predicted octanol–water partition coefficient (Wildman–Crippen LogP) is 2.62. The van der Waals surface area contributed by atoms with Gasteiger partial charge in [-0.1, -0.05) is 6.07 Å². The number of nitrogens with one attached hydrogen (secondary N) is 1. The molecule has 0 aromatic heterocycles. The van der Waals surface area contributed by atoms with Gasteiger partial charge in [0.1, 0.15) is 11.2 Å². The molecule has 1 aliphatic heterocycles. The second-order valence-electron chi connectivity index (χ2n) is 7.48. The van der Waals surface area contributed by atoms with Crippen LogP contribution in [-0.2, 0) is 16.1 Å². The Morgan fingerprint density at radius 1 is 1.30 bits per heavy atom. The first-order chi connectivity index (χ1) is 14.2. The van der Waals surface area contributed by atoms with E-state index in [9.17, 15) is 28.0 Å². The van der Waals surface area contributed by atoms with Crippen molar-refractivity contribution in [3.05, 3.63) is 29.3 Å². The zero-order chi connectivity index (χ0) is 21.9. The van der Waals surface area contributed by atoms with Crippen molar-refractivity contribution in [2.45, 2.75) is 38.6 Å². The average molecular weight is 420 g/mol. The molecule has 1 unspecified atom stereocenters. The molecule has 0 spiro atoms. The van der Waals surface area contributed by atoms with Crippen LogP contribution in [0.1, 0.15) is 36.8 Å². The molecule has 1 aromatic carbocycles. The summed E-state index contributed by atoms with van der Waals surface area (Å²) in [5, 5.41) is 20.7. The van der Waals surface area contributed by atoms with Gasteiger partial charge in [0.25, 0.3) is 0 Å². The first-order valence-corrected chi connectivity index (χ1v) is 9.44. The number of rotatable bonds is 5. The SMILES string of the molecule is N#Cc1ccc(CNC(=O)C2CCCN(C(=O)C3(C#N)CC3)C2)c(OC(F)(F)F)c1. The van der Waals surface area contributed by atoms with Crippen LogP contribution in [0.15, 0.2) is 18.2 Å². The summed E-state index contributed by atoms with van der Waals surface area (Å²) in [6.07, 6.45) is -2.75. The van der Waals surface area contributed by atoms with E-state index in [0.717, 1.165) is 6.07 Å². The summed E-state index contributed by atoms with van der Waals surface area (Å²) in [6.45, 7) is 0.432. The molecule has 1 atom stereocenters. The number of benzene rings is 1. The number of carbonyl (C=O) groups excluding carboxylic acids is 2.